The molecule has 0 fully saturated rings. The zero-order valence-corrected chi connectivity index (χ0v) is 12.7. The van der Waals surface area contributed by atoms with Gasteiger partial charge in [-0.25, -0.2) is 4.39 Å². The molecule has 0 aliphatic rings. The van der Waals surface area contributed by atoms with Crippen molar-refractivity contribution in [3.05, 3.63) is 63.9 Å². The van der Waals surface area contributed by atoms with Crippen LogP contribution < -0.4 is 4.74 Å². The van der Waals surface area contributed by atoms with Crippen LogP contribution in [-0.4, -0.2) is 7.11 Å². The van der Waals surface area contributed by atoms with E-state index in [-0.39, 0.29) is 5.82 Å². The molecule has 1 atom stereocenters. The summed E-state index contributed by atoms with van der Waals surface area (Å²) in [5.41, 5.74) is 1.45. The van der Waals surface area contributed by atoms with E-state index in [0.717, 1.165) is 10.0 Å². The number of rotatable bonds is 4. The van der Waals surface area contributed by atoms with Crippen LogP contribution in [0.15, 0.2) is 46.9 Å². The molecule has 2 rings (SSSR count). The van der Waals surface area contributed by atoms with Gasteiger partial charge in [0.15, 0.2) is 0 Å². The second-order valence-corrected chi connectivity index (χ2v) is 5.60. The van der Waals surface area contributed by atoms with Crippen LogP contribution in [-0.2, 0) is 6.42 Å². The highest BCUT2D eigenvalue weighted by atomic mass is 79.9. The van der Waals surface area contributed by atoms with E-state index in [2.05, 4.69) is 15.9 Å². The summed E-state index contributed by atoms with van der Waals surface area (Å²) >= 11 is 9.76. The molecule has 0 radical (unpaired) electrons. The minimum absolute atomic E-state index is 0.339. The first-order valence-electron chi connectivity index (χ1n) is 5.82. The number of ether oxygens (including phenoxy) is 1. The summed E-state index contributed by atoms with van der Waals surface area (Å²) in [6, 6.07) is 12.5. The van der Waals surface area contributed by atoms with Crippen LogP contribution in [0.5, 0.6) is 5.75 Å². The summed E-state index contributed by atoms with van der Waals surface area (Å²) < 4.78 is 20.1. The molecule has 2 aromatic carbocycles. The Balaban J connectivity index is 2.27. The highest BCUT2D eigenvalue weighted by Crippen LogP contribution is 2.34. The zero-order valence-electron chi connectivity index (χ0n) is 10.4. The van der Waals surface area contributed by atoms with Crippen molar-refractivity contribution < 1.29 is 9.13 Å². The predicted molar refractivity (Wildman–Crippen MR) is 79.4 cm³/mol. The average molecular weight is 344 g/mol. The molecule has 2 aromatic rings. The van der Waals surface area contributed by atoms with Gasteiger partial charge in [0.25, 0.3) is 0 Å². The van der Waals surface area contributed by atoms with E-state index in [4.69, 9.17) is 16.3 Å². The summed E-state index contributed by atoms with van der Waals surface area (Å²) in [5, 5.41) is -0.467. The molecule has 0 aliphatic heterocycles. The van der Waals surface area contributed by atoms with Crippen molar-refractivity contribution in [2.45, 2.75) is 11.8 Å². The maximum absolute atomic E-state index is 13.9. The predicted octanol–water partition coefficient (Wildman–Crippen LogP) is 5.12. The maximum Gasteiger partial charge on any atom is 0.131 e. The Hall–Kier alpha value is -1.06. The lowest BCUT2D eigenvalue weighted by Crippen LogP contribution is -2.02. The van der Waals surface area contributed by atoms with Crippen molar-refractivity contribution in [2.75, 3.05) is 7.11 Å². The molecule has 0 spiro atoms. The lowest BCUT2D eigenvalue weighted by molar-refractivity contribution is 0.403. The quantitative estimate of drug-likeness (QED) is 0.700. The Bertz CT molecular complexity index is 574. The van der Waals surface area contributed by atoms with Gasteiger partial charge in [-0.15, -0.1) is 11.6 Å². The van der Waals surface area contributed by atoms with E-state index in [1.54, 1.807) is 12.1 Å². The smallest absolute Gasteiger partial charge is 0.131 e. The summed E-state index contributed by atoms with van der Waals surface area (Å²) in [6.07, 6.45) is 0.540. The van der Waals surface area contributed by atoms with Gasteiger partial charge in [0.1, 0.15) is 11.6 Å². The molecular weight excluding hydrogens is 331 g/mol. The summed E-state index contributed by atoms with van der Waals surface area (Å²) in [6.45, 7) is 0. The second-order valence-electron chi connectivity index (χ2n) is 4.16. The molecule has 4 heteroatoms. The summed E-state index contributed by atoms with van der Waals surface area (Å²) in [4.78, 5) is 0. The molecule has 1 unspecified atom stereocenters. The number of halogens is 3. The number of methoxy groups -OCH3 is 1. The molecule has 0 saturated carbocycles. The molecule has 0 saturated heterocycles. The molecular formula is C15H13BrClFO. The van der Waals surface area contributed by atoms with Gasteiger partial charge in [-0.2, -0.15) is 0 Å². The van der Waals surface area contributed by atoms with Crippen molar-refractivity contribution in [3.8, 4) is 5.75 Å². The van der Waals surface area contributed by atoms with E-state index in [1.807, 2.05) is 24.3 Å². The van der Waals surface area contributed by atoms with Crippen molar-refractivity contribution in [2.24, 2.45) is 0 Å². The van der Waals surface area contributed by atoms with Crippen molar-refractivity contribution >= 4 is 27.5 Å². The third-order valence-electron chi connectivity index (χ3n) is 2.85. The number of hydrogen-bond acceptors (Lipinski definition) is 1. The monoisotopic (exact) mass is 342 g/mol. The first kappa shape index (κ1) is 14.4. The second kappa shape index (κ2) is 6.40. The van der Waals surface area contributed by atoms with Gasteiger partial charge in [-0.3, -0.25) is 0 Å². The fraction of sp³-hybridized carbons (Fsp3) is 0.200. The minimum atomic E-state index is -0.467. The molecule has 0 heterocycles. The Labute approximate surface area is 125 Å². The topological polar surface area (TPSA) is 9.23 Å². The van der Waals surface area contributed by atoms with Gasteiger partial charge in [-0.1, -0.05) is 34.1 Å². The van der Waals surface area contributed by atoms with Gasteiger partial charge < -0.3 is 4.74 Å². The van der Waals surface area contributed by atoms with Crippen molar-refractivity contribution in [1.82, 2.24) is 0 Å². The first-order valence-corrected chi connectivity index (χ1v) is 7.05. The third-order valence-corrected chi connectivity index (χ3v) is 3.72. The Kier molecular flexibility index (Phi) is 4.83. The van der Waals surface area contributed by atoms with Crippen LogP contribution in [0, 0.1) is 5.82 Å². The van der Waals surface area contributed by atoms with E-state index in [9.17, 15) is 4.39 Å². The molecule has 19 heavy (non-hydrogen) atoms. The lowest BCUT2D eigenvalue weighted by Gasteiger charge is -2.15. The van der Waals surface area contributed by atoms with Gasteiger partial charge in [0.05, 0.1) is 12.5 Å². The minimum Gasteiger partial charge on any atom is -0.496 e. The third kappa shape index (κ3) is 3.48. The molecule has 0 bridgehead atoms. The van der Waals surface area contributed by atoms with Crippen molar-refractivity contribution in [3.63, 3.8) is 0 Å². The largest absolute Gasteiger partial charge is 0.496 e. The van der Waals surface area contributed by atoms with Gasteiger partial charge in [-0.05, 0) is 36.2 Å². The van der Waals surface area contributed by atoms with E-state index < -0.39 is 5.38 Å². The Morgan fingerprint density at radius 3 is 2.68 bits per heavy atom. The molecule has 0 N–H and O–H groups in total. The first-order chi connectivity index (χ1) is 9.11. The van der Waals surface area contributed by atoms with Crippen LogP contribution in [0.3, 0.4) is 0 Å². The summed E-state index contributed by atoms with van der Waals surface area (Å²) in [7, 11) is 1.51. The fourth-order valence-corrected chi connectivity index (χ4v) is 2.81. The number of hydrogen-bond donors (Lipinski definition) is 0. The van der Waals surface area contributed by atoms with E-state index in [1.165, 1.54) is 13.2 Å². The number of benzene rings is 2. The normalized spacial score (nSPS) is 12.2. The van der Waals surface area contributed by atoms with Crippen LogP contribution in [0.4, 0.5) is 4.39 Å². The van der Waals surface area contributed by atoms with Gasteiger partial charge in [0, 0.05) is 10.0 Å². The number of alkyl halides is 1. The highest BCUT2D eigenvalue weighted by Gasteiger charge is 2.18. The van der Waals surface area contributed by atoms with Crippen LogP contribution >= 0.6 is 27.5 Å². The standard InChI is InChI=1S/C15H13BrClFO/c1-19-14-7-3-6-13(18)15(14)12(17)9-10-4-2-5-11(16)8-10/h2-8,12H,9H2,1H3. The fourth-order valence-electron chi connectivity index (χ4n) is 1.97. The van der Waals surface area contributed by atoms with Gasteiger partial charge in [0.2, 0.25) is 0 Å². The zero-order chi connectivity index (χ0) is 13.8. The Morgan fingerprint density at radius 2 is 2.00 bits per heavy atom. The van der Waals surface area contributed by atoms with Crippen LogP contribution in [0.2, 0.25) is 0 Å². The van der Waals surface area contributed by atoms with Crippen LogP contribution in [0.25, 0.3) is 0 Å². The SMILES string of the molecule is COc1cccc(F)c1C(Cl)Cc1cccc(Br)c1. The van der Waals surface area contributed by atoms with Crippen LogP contribution in [0.1, 0.15) is 16.5 Å². The molecule has 100 valence electrons. The van der Waals surface area contributed by atoms with Crippen molar-refractivity contribution in [1.29, 1.82) is 0 Å². The lowest BCUT2D eigenvalue weighted by atomic mass is 10.0. The van der Waals surface area contributed by atoms with Gasteiger partial charge >= 0.3 is 0 Å². The average Bonchev–Trinajstić information content (AvgIpc) is 2.38. The van der Waals surface area contributed by atoms with E-state index >= 15 is 0 Å². The molecule has 0 amide bonds. The Morgan fingerprint density at radius 1 is 1.26 bits per heavy atom. The molecule has 0 aliphatic carbocycles. The highest BCUT2D eigenvalue weighted by molar-refractivity contribution is 9.10. The molecule has 0 aromatic heterocycles. The maximum atomic E-state index is 13.9. The van der Waals surface area contributed by atoms with E-state index in [0.29, 0.717) is 17.7 Å². The molecule has 1 nitrogen and oxygen atoms in total. The summed E-state index contributed by atoms with van der Waals surface area (Å²) in [5.74, 6) is 0.143.